The van der Waals surface area contributed by atoms with Crippen LogP contribution in [0.1, 0.15) is 47.1 Å². The Bertz CT molecular complexity index is 684. The largest absolute Gasteiger partial charge is 0.514 e. The Kier molecular flexibility index (Phi) is 7.99. The van der Waals surface area contributed by atoms with E-state index in [0.29, 0.717) is 5.75 Å². The summed E-state index contributed by atoms with van der Waals surface area (Å²) in [5.74, 6) is -0.853. The minimum atomic E-state index is -0.925. The first-order valence-electron chi connectivity index (χ1n) is 8.87. The van der Waals surface area contributed by atoms with Crippen LogP contribution in [0.3, 0.4) is 0 Å². The summed E-state index contributed by atoms with van der Waals surface area (Å²) in [4.78, 5) is 35.1. The maximum Gasteiger partial charge on any atom is 0.514 e. The standard InChI is InChI=1S/C20H29NO7/c1-19(2,3)17(23)26-12-25-16(22)15(21)11-13-7-9-14(10-8-13)27-18(24)28-20(4,5)6/h7-10,15H,11-12,21H2,1-6H3. The van der Waals surface area contributed by atoms with Crippen molar-refractivity contribution < 1.29 is 33.3 Å². The molecule has 1 aromatic rings. The number of esters is 2. The van der Waals surface area contributed by atoms with Gasteiger partial charge in [-0.15, -0.1) is 0 Å². The number of benzene rings is 1. The van der Waals surface area contributed by atoms with Crippen molar-refractivity contribution >= 4 is 18.1 Å². The van der Waals surface area contributed by atoms with Gasteiger partial charge < -0.3 is 24.7 Å². The van der Waals surface area contributed by atoms with Crippen LogP contribution >= 0.6 is 0 Å². The van der Waals surface area contributed by atoms with Crippen LogP contribution in [0.15, 0.2) is 24.3 Å². The maximum atomic E-state index is 11.9. The van der Waals surface area contributed by atoms with Crippen LogP contribution in [-0.2, 0) is 30.2 Å². The normalized spacial score (nSPS) is 12.7. The molecule has 1 rings (SSSR count). The van der Waals surface area contributed by atoms with E-state index in [9.17, 15) is 14.4 Å². The lowest BCUT2D eigenvalue weighted by atomic mass is 9.98. The summed E-state index contributed by atoms with van der Waals surface area (Å²) in [5, 5.41) is 0. The number of nitrogens with two attached hydrogens (primary N) is 1. The zero-order valence-electron chi connectivity index (χ0n) is 17.2. The molecule has 0 bridgehead atoms. The minimum absolute atomic E-state index is 0.207. The highest BCUT2D eigenvalue weighted by Gasteiger charge is 2.24. The Hall–Kier alpha value is -2.61. The molecular formula is C20H29NO7. The summed E-state index contributed by atoms with van der Waals surface area (Å²) in [6.45, 7) is 9.81. The maximum absolute atomic E-state index is 11.9. The SMILES string of the molecule is CC(C)(C)OC(=O)Oc1ccc(CC(N)C(=O)OCOC(=O)C(C)(C)C)cc1. The quantitative estimate of drug-likeness (QED) is 0.444. The van der Waals surface area contributed by atoms with Gasteiger partial charge in [-0.25, -0.2) is 4.79 Å². The molecule has 0 aliphatic rings. The molecular weight excluding hydrogens is 366 g/mol. The van der Waals surface area contributed by atoms with Crippen LogP contribution in [0.2, 0.25) is 0 Å². The van der Waals surface area contributed by atoms with E-state index in [4.69, 9.17) is 24.7 Å². The lowest BCUT2D eigenvalue weighted by Gasteiger charge is -2.18. The number of carbonyl (C=O) groups is 3. The Labute approximate surface area is 165 Å². The Balaban J connectivity index is 2.47. The molecule has 2 N–H and O–H groups in total. The molecule has 0 amide bonds. The van der Waals surface area contributed by atoms with Crippen LogP contribution in [-0.4, -0.2) is 36.5 Å². The second-order valence-corrected chi connectivity index (χ2v) is 8.28. The van der Waals surface area contributed by atoms with Crippen LogP contribution in [0, 0.1) is 5.41 Å². The van der Waals surface area contributed by atoms with Gasteiger partial charge in [0.2, 0.25) is 6.79 Å². The Morgan fingerprint density at radius 1 is 0.964 bits per heavy atom. The summed E-state index contributed by atoms with van der Waals surface area (Å²) in [7, 11) is 0. The van der Waals surface area contributed by atoms with Gasteiger partial charge in [0.25, 0.3) is 0 Å². The molecule has 0 spiro atoms. The molecule has 0 heterocycles. The fourth-order valence-corrected chi connectivity index (χ4v) is 1.86. The van der Waals surface area contributed by atoms with Crippen LogP contribution in [0.4, 0.5) is 4.79 Å². The van der Waals surface area contributed by atoms with Crippen molar-refractivity contribution in [3.8, 4) is 5.75 Å². The van der Waals surface area contributed by atoms with Gasteiger partial charge >= 0.3 is 18.1 Å². The molecule has 0 aliphatic carbocycles. The van der Waals surface area contributed by atoms with Crippen molar-refractivity contribution in [3.63, 3.8) is 0 Å². The van der Waals surface area contributed by atoms with E-state index >= 15 is 0 Å². The van der Waals surface area contributed by atoms with E-state index < -0.39 is 41.9 Å². The topological polar surface area (TPSA) is 114 Å². The third-order valence-electron chi connectivity index (χ3n) is 3.28. The molecule has 0 aromatic heterocycles. The second kappa shape index (κ2) is 9.54. The molecule has 1 atom stereocenters. The molecule has 1 aromatic carbocycles. The van der Waals surface area contributed by atoms with Gasteiger partial charge in [-0.05, 0) is 65.7 Å². The molecule has 0 radical (unpaired) electrons. The molecule has 1 unspecified atom stereocenters. The zero-order chi connectivity index (χ0) is 21.5. The minimum Gasteiger partial charge on any atom is -0.428 e. The van der Waals surface area contributed by atoms with Gasteiger partial charge in [-0.2, -0.15) is 0 Å². The lowest BCUT2D eigenvalue weighted by molar-refractivity contribution is -0.173. The first-order chi connectivity index (χ1) is 12.8. The van der Waals surface area contributed by atoms with Crippen molar-refractivity contribution in [1.82, 2.24) is 0 Å². The monoisotopic (exact) mass is 395 g/mol. The van der Waals surface area contributed by atoms with Crippen LogP contribution < -0.4 is 10.5 Å². The number of hydrogen-bond acceptors (Lipinski definition) is 8. The molecule has 8 heteroatoms. The van der Waals surface area contributed by atoms with Gasteiger partial charge in [0, 0.05) is 0 Å². The third-order valence-corrected chi connectivity index (χ3v) is 3.28. The van der Waals surface area contributed by atoms with Crippen molar-refractivity contribution in [3.05, 3.63) is 29.8 Å². The van der Waals surface area contributed by atoms with Gasteiger partial charge in [0.05, 0.1) is 5.41 Å². The first-order valence-corrected chi connectivity index (χ1v) is 8.87. The Morgan fingerprint density at radius 3 is 2.04 bits per heavy atom. The number of ether oxygens (including phenoxy) is 4. The summed E-state index contributed by atoms with van der Waals surface area (Å²) >= 11 is 0. The molecule has 156 valence electrons. The summed E-state index contributed by atoms with van der Waals surface area (Å²) < 4.78 is 19.9. The summed E-state index contributed by atoms with van der Waals surface area (Å²) in [5.41, 5.74) is 5.23. The summed E-state index contributed by atoms with van der Waals surface area (Å²) in [6.07, 6.45) is -0.594. The zero-order valence-corrected chi connectivity index (χ0v) is 17.2. The van der Waals surface area contributed by atoms with Crippen molar-refractivity contribution in [1.29, 1.82) is 0 Å². The van der Waals surface area contributed by atoms with E-state index in [1.54, 1.807) is 65.8 Å². The van der Waals surface area contributed by atoms with Gasteiger partial charge in [0.1, 0.15) is 17.4 Å². The van der Waals surface area contributed by atoms with Crippen molar-refractivity contribution in [2.75, 3.05) is 6.79 Å². The van der Waals surface area contributed by atoms with Crippen molar-refractivity contribution in [2.45, 2.75) is 59.6 Å². The van der Waals surface area contributed by atoms with Crippen molar-refractivity contribution in [2.24, 2.45) is 11.1 Å². The van der Waals surface area contributed by atoms with Crippen LogP contribution in [0.25, 0.3) is 0 Å². The number of rotatable bonds is 6. The van der Waals surface area contributed by atoms with Gasteiger partial charge in [-0.3, -0.25) is 9.59 Å². The molecule has 0 aliphatic heterocycles. The van der Waals surface area contributed by atoms with E-state index in [-0.39, 0.29) is 6.42 Å². The number of hydrogen-bond donors (Lipinski definition) is 1. The first kappa shape index (κ1) is 23.4. The molecule has 28 heavy (non-hydrogen) atoms. The third kappa shape index (κ3) is 8.85. The smallest absolute Gasteiger partial charge is 0.428 e. The van der Waals surface area contributed by atoms with E-state index in [2.05, 4.69) is 0 Å². The highest BCUT2D eigenvalue weighted by molar-refractivity contribution is 5.77. The predicted molar refractivity (Wildman–Crippen MR) is 101 cm³/mol. The molecule has 0 fully saturated rings. The van der Waals surface area contributed by atoms with E-state index in [1.165, 1.54) is 0 Å². The summed E-state index contributed by atoms with van der Waals surface area (Å²) in [6, 6.07) is 5.56. The highest BCUT2D eigenvalue weighted by atomic mass is 16.7. The lowest BCUT2D eigenvalue weighted by Crippen LogP contribution is -2.35. The average Bonchev–Trinajstić information content (AvgIpc) is 2.53. The molecule has 0 saturated heterocycles. The fraction of sp³-hybridized carbons (Fsp3) is 0.550. The van der Waals surface area contributed by atoms with Gasteiger partial charge in [0.15, 0.2) is 0 Å². The number of carbonyl (C=O) groups excluding carboxylic acids is 3. The van der Waals surface area contributed by atoms with E-state index in [1.807, 2.05) is 0 Å². The molecule has 8 nitrogen and oxygen atoms in total. The van der Waals surface area contributed by atoms with Crippen LogP contribution in [0.5, 0.6) is 5.75 Å². The Morgan fingerprint density at radius 2 is 1.54 bits per heavy atom. The van der Waals surface area contributed by atoms with Gasteiger partial charge in [-0.1, -0.05) is 12.1 Å². The average molecular weight is 395 g/mol. The van der Waals surface area contributed by atoms with E-state index in [0.717, 1.165) is 5.56 Å². The molecule has 0 saturated carbocycles. The predicted octanol–water partition coefficient (Wildman–Crippen LogP) is 2.96. The fourth-order valence-electron chi connectivity index (χ4n) is 1.86. The highest BCUT2D eigenvalue weighted by Crippen LogP contribution is 2.17. The second-order valence-electron chi connectivity index (χ2n) is 8.28.